The highest BCUT2D eigenvalue weighted by Gasteiger charge is 2.39. The summed E-state index contributed by atoms with van der Waals surface area (Å²) in [5.74, 6) is 4.33. The minimum atomic E-state index is -4.93. The maximum atomic E-state index is 12.0. The van der Waals surface area contributed by atoms with Gasteiger partial charge in [0.05, 0.1) is 62.6 Å². The molecule has 4 rings (SSSR count). The molecule has 0 atom stereocenters. The van der Waals surface area contributed by atoms with Crippen LogP contribution in [0.4, 0.5) is 49.1 Å². The number of nitrogens with two attached hydrogens (primary N) is 2. The van der Waals surface area contributed by atoms with Gasteiger partial charge in [0.25, 0.3) is 0 Å². The van der Waals surface area contributed by atoms with Gasteiger partial charge in [0, 0.05) is 77.7 Å². The van der Waals surface area contributed by atoms with Crippen LogP contribution in [-0.2, 0) is 9.59 Å². The van der Waals surface area contributed by atoms with E-state index in [1.807, 2.05) is 29.6 Å². The lowest BCUT2D eigenvalue weighted by Crippen LogP contribution is -2.29. The van der Waals surface area contributed by atoms with E-state index in [-0.39, 0.29) is 34.4 Å². The van der Waals surface area contributed by atoms with E-state index in [4.69, 9.17) is 59.9 Å². The van der Waals surface area contributed by atoms with Crippen molar-refractivity contribution in [3.63, 3.8) is 0 Å². The first kappa shape index (κ1) is 64.1. The van der Waals surface area contributed by atoms with Crippen molar-refractivity contribution >= 4 is 82.4 Å². The Bertz CT molecular complexity index is 2020. The molecule has 0 heterocycles. The summed E-state index contributed by atoms with van der Waals surface area (Å²) >= 11 is 8.81. The maximum absolute atomic E-state index is 12.0. The lowest BCUT2D eigenvalue weighted by atomic mass is 10.1. The zero-order valence-electron chi connectivity index (χ0n) is 37.3. The number of hydrogen-bond donors (Lipinski definition) is 4. The third-order valence-electron chi connectivity index (χ3n) is 7.05. The summed E-state index contributed by atoms with van der Waals surface area (Å²) in [6.45, 7) is 0. The van der Waals surface area contributed by atoms with E-state index in [2.05, 4.69) is 47.8 Å². The van der Waals surface area contributed by atoms with Crippen molar-refractivity contribution in [1.82, 2.24) is 0 Å². The lowest BCUT2D eigenvalue weighted by Gasteiger charge is -2.11. The molecule has 0 saturated carbocycles. The summed E-state index contributed by atoms with van der Waals surface area (Å²) in [6, 6.07) is 18.3. The summed E-state index contributed by atoms with van der Waals surface area (Å²) in [7, 11) is 11.4. The minimum Gasteiger partial charge on any atom is -0.497 e. The van der Waals surface area contributed by atoms with E-state index in [9.17, 15) is 35.9 Å². The molecule has 0 radical (unpaired) electrons. The molecule has 0 spiro atoms. The number of hydrogen-bond acceptors (Lipinski definition) is 14. The second-order valence-electron chi connectivity index (χ2n) is 10.9. The van der Waals surface area contributed by atoms with Crippen LogP contribution in [0.25, 0.3) is 0 Å². The first-order chi connectivity index (χ1) is 31.2. The fourth-order valence-corrected chi connectivity index (χ4v) is 4.21. The Morgan fingerprint density at radius 3 is 0.985 bits per heavy atom. The van der Waals surface area contributed by atoms with Gasteiger partial charge in [-0.25, -0.2) is 0 Å². The van der Waals surface area contributed by atoms with Crippen LogP contribution in [0.3, 0.4) is 0 Å². The molecule has 6 N–H and O–H groups in total. The van der Waals surface area contributed by atoms with Gasteiger partial charge >= 0.3 is 24.2 Å². The molecule has 0 aliphatic rings. The highest BCUT2D eigenvalue weighted by atomic mass is 79.9. The van der Waals surface area contributed by atoms with E-state index < -0.39 is 24.2 Å². The Kier molecular flexibility index (Phi) is 33.2. The average molecular weight is 1140 g/mol. The van der Waals surface area contributed by atoms with Crippen molar-refractivity contribution in [2.75, 3.05) is 96.5 Å². The SMILES string of the molecule is CBr.CBr.CBr.COc1cc(N)c(C#N)c(OC)c1.COc1cc(N)cc(OC)c1C#N.COc1cc(NC(=O)C(F)(F)F)cc(OC)c1.COc1cc(NC(=O)C(F)(F)F)cc(OC)c1. The van der Waals surface area contributed by atoms with Crippen molar-refractivity contribution in [2.45, 2.75) is 12.4 Å². The number of carbonyl (C=O) groups excluding carboxylic acids is 2. The highest BCUT2D eigenvalue weighted by Crippen LogP contribution is 2.32. The maximum Gasteiger partial charge on any atom is 0.471 e. The molecule has 2 amide bonds. The molecule has 0 bridgehead atoms. The molecule has 0 aliphatic heterocycles. The molecule has 16 nitrogen and oxygen atoms in total. The van der Waals surface area contributed by atoms with E-state index >= 15 is 0 Å². The van der Waals surface area contributed by atoms with Gasteiger partial charge < -0.3 is 60.0 Å². The Labute approximate surface area is 403 Å². The lowest BCUT2D eigenvalue weighted by molar-refractivity contribution is -0.167. The van der Waals surface area contributed by atoms with E-state index in [0.29, 0.717) is 45.5 Å². The predicted octanol–water partition coefficient (Wildman–Crippen LogP) is 9.76. The summed E-state index contributed by atoms with van der Waals surface area (Å²) in [4.78, 5) is 21.4. The Morgan fingerprint density at radius 1 is 0.470 bits per heavy atom. The molecule has 0 aromatic heterocycles. The fourth-order valence-electron chi connectivity index (χ4n) is 4.21. The molecule has 66 heavy (non-hydrogen) atoms. The van der Waals surface area contributed by atoms with Crippen molar-refractivity contribution in [3.8, 4) is 58.1 Å². The molecule has 4 aromatic carbocycles. The quantitative estimate of drug-likeness (QED) is 0.0658. The number of rotatable bonds is 10. The summed E-state index contributed by atoms with van der Waals surface area (Å²) < 4.78 is 111. The van der Waals surface area contributed by atoms with Gasteiger partial charge in [-0.3, -0.25) is 9.59 Å². The van der Waals surface area contributed by atoms with Crippen LogP contribution < -0.4 is 60.0 Å². The molecule has 0 saturated heterocycles. The average Bonchev–Trinajstić information content (AvgIpc) is 3.32. The molecular formula is C41H49Br3F6N6O10. The number of alkyl halides is 9. The molecule has 366 valence electrons. The second-order valence-corrected chi connectivity index (χ2v) is 10.9. The smallest absolute Gasteiger partial charge is 0.471 e. The molecular weight excluding hydrogens is 1090 g/mol. The Hall–Kier alpha value is -6.18. The summed E-state index contributed by atoms with van der Waals surface area (Å²) in [5.41, 5.74) is 12.6. The molecule has 0 fully saturated rings. The number of amides is 2. The van der Waals surface area contributed by atoms with Crippen LogP contribution in [-0.4, -0.2) is 98.5 Å². The van der Waals surface area contributed by atoms with Gasteiger partial charge in [-0.1, -0.05) is 47.8 Å². The number of anilines is 4. The molecule has 0 unspecified atom stereocenters. The zero-order valence-corrected chi connectivity index (χ0v) is 42.1. The first-order valence-corrected chi connectivity index (χ1v) is 22.1. The van der Waals surface area contributed by atoms with Crippen molar-refractivity contribution < 1.29 is 73.8 Å². The van der Waals surface area contributed by atoms with E-state index in [1.165, 1.54) is 93.3 Å². The normalized spacial score (nSPS) is 9.42. The standard InChI is InChI=1S/2C10H10F3NO3.2C9H10N2O2.3CH3Br/c2*1-16-7-3-6(4-8(5-7)17-2)14-9(15)10(11,12)13;1-12-6-3-8(11)7(5-10)9(4-6)13-2;1-12-8-3-6(11)4-9(13-2)7(8)5-10;3*1-2/h2*3-5H,1-2H3,(H,14,15);2*3-4H,11H2,1-2H3;3*1H3. The monoisotopic (exact) mass is 1140 g/mol. The number of nitrogens with zero attached hydrogens (tertiary/aromatic N) is 2. The van der Waals surface area contributed by atoms with Crippen molar-refractivity contribution in [3.05, 3.63) is 71.8 Å². The number of nitriles is 2. The number of nitrogen functional groups attached to an aromatic ring is 2. The Balaban J connectivity index is -0.000000776. The van der Waals surface area contributed by atoms with Gasteiger partial charge in [-0.05, 0) is 17.5 Å². The van der Waals surface area contributed by atoms with Gasteiger partial charge in [-0.15, -0.1) is 0 Å². The fraction of sp³-hybridized carbons (Fsp3) is 0.317. The second kappa shape index (κ2) is 34.2. The number of halogens is 9. The molecule has 0 aliphatic carbocycles. The minimum absolute atomic E-state index is 0.0523. The van der Waals surface area contributed by atoms with Gasteiger partial charge in [-0.2, -0.15) is 36.9 Å². The van der Waals surface area contributed by atoms with Crippen LogP contribution in [0, 0.1) is 22.7 Å². The first-order valence-electron chi connectivity index (χ1n) is 17.4. The van der Waals surface area contributed by atoms with E-state index in [1.54, 1.807) is 34.9 Å². The molecule has 4 aromatic rings. The van der Waals surface area contributed by atoms with Crippen LogP contribution in [0.5, 0.6) is 46.0 Å². The molecule has 25 heteroatoms. The zero-order chi connectivity index (χ0) is 51.8. The largest absolute Gasteiger partial charge is 0.497 e. The third-order valence-corrected chi connectivity index (χ3v) is 7.05. The van der Waals surface area contributed by atoms with E-state index in [0.717, 1.165) is 0 Å². The van der Waals surface area contributed by atoms with Gasteiger partial charge in [0.15, 0.2) is 0 Å². The highest BCUT2D eigenvalue weighted by molar-refractivity contribution is 9.09. The number of carbonyl (C=O) groups is 2. The van der Waals surface area contributed by atoms with Crippen molar-refractivity contribution in [1.29, 1.82) is 10.5 Å². The predicted molar refractivity (Wildman–Crippen MR) is 250 cm³/mol. The van der Waals surface area contributed by atoms with Crippen LogP contribution in [0.15, 0.2) is 60.7 Å². The summed E-state index contributed by atoms with van der Waals surface area (Å²) in [6.07, 6.45) is -9.87. The number of nitrogens with one attached hydrogen (secondary N) is 2. The van der Waals surface area contributed by atoms with Gasteiger partial charge in [0.2, 0.25) is 0 Å². The topological polar surface area (TPSA) is 232 Å². The number of benzene rings is 4. The number of ether oxygens (including phenoxy) is 8. The summed E-state index contributed by atoms with van der Waals surface area (Å²) in [5, 5.41) is 21.0. The van der Waals surface area contributed by atoms with Crippen LogP contribution in [0.2, 0.25) is 0 Å². The van der Waals surface area contributed by atoms with Crippen LogP contribution >= 0.6 is 47.8 Å². The number of methoxy groups -OCH3 is 8. The van der Waals surface area contributed by atoms with Crippen LogP contribution in [0.1, 0.15) is 11.1 Å². The Morgan fingerprint density at radius 2 is 0.742 bits per heavy atom. The third kappa shape index (κ3) is 23.1. The van der Waals surface area contributed by atoms with Gasteiger partial charge in [0.1, 0.15) is 69.3 Å². The van der Waals surface area contributed by atoms with Crippen molar-refractivity contribution in [2.24, 2.45) is 0 Å².